The number of imidazole rings is 1. The summed E-state index contributed by atoms with van der Waals surface area (Å²) < 4.78 is 0. The number of carbonyl (C=O) groups excluding carboxylic acids is 4. The van der Waals surface area contributed by atoms with Crippen LogP contribution in [0.25, 0.3) is 11.0 Å². The summed E-state index contributed by atoms with van der Waals surface area (Å²) in [4.78, 5) is 61.0. The molecule has 0 spiro atoms. The summed E-state index contributed by atoms with van der Waals surface area (Å²) in [6.45, 7) is 1.77. The number of amides is 4. The van der Waals surface area contributed by atoms with Gasteiger partial charge in [-0.25, -0.2) is 4.98 Å². The molecule has 1 aliphatic heterocycles. The number of H-pyrrole nitrogens is 1. The third-order valence-electron chi connectivity index (χ3n) is 5.87. The number of aromatic nitrogens is 2. The third-order valence-corrected chi connectivity index (χ3v) is 6.11. The van der Waals surface area contributed by atoms with Gasteiger partial charge in [-0.2, -0.15) is 0 Å². The summed E-state index contributed by atoms with van der Waals surface area (Å²) in [6.07, 6.45) is -0.235. The average Bonchev–Trinajstić information content (AvgIpc) is 3.32. The first-order valence-corrected chi connectivity index (χ1v) is 10.7. The van der Waals surface area contributed by atoms with Gasteiger partial charge < -0.3 is 15.6 Å². The lowest BCUT2D eigenvalue weighted by Gasteiger charge is -2.31. The molecule has 2 heterocycles. The Morgan fingerprint density at radius 3 is 2.39 bits per heavy atom. The molecule has 2 atom stereocenters. The van der Waals surface area contributed by atoms with Crippen molar-refractivity contribution in [2.24, 2.45) is 5.73 Å². The summed E-state index contributed by atoms with van der Waals surface area (Å²) in [6, 6.07) is 9.89. The molecule has 170 valence electrons. The predicted molar refractivity (Wildman–Crippen MR) is 121 cm³/mol. The van der Waals surface area contributed by atoms with Crippen molar-refractivity contribution in [3.05, 3.63) is 64.4 Å². The number of primary amides is 1. The molecule has 2 aromatic carbocycles. The molecule has 0 fully saturated rings. The number of imide groups is 1. The summed E-state index contributed by atoms with van der Waals surface area (Å²) >= 11 is 6.04. The van der Waals surface area contributed by atoms with E-state index in [-0.39, 0.29) is 24.0 Å². The van der Waals surface area contributed by atoms with Crippen molar-refractivity contribution in [1.82, 2.24) is 19.8 Å². The van der Waals surface area contributed by atoms with E-state index in [0.717, 1.165) is 10.4 Å². The second kappa shape index (κ2) is 8.67. The largest absolute Gasteiger partial charge is 0.370 e. The van der Waals surface area contributed by atoms with Gasteiger partial charge in [0.15, 0.2) is 0 Å². The van der Waals surface area contributed by atoms with Crippen molar-refractivity contribution in [3.8, 4) is 0 Å². The molecule has 1 aromatic heterocycles. The van der Waals surface area contributed by atoms with E-state index in [4.69, 9.17) is 17.3 Å². The lowest BCUT2D eigenvalue weighted by molar-refractivity contribution is -0.136. The highest BCUT2D eigenvalue weighted by atomic mass is 35.5. The van der Waals surface area contributed by atoms with Gasteiger partial charge in [-0.15, -0.1) is 0 Å². The number of nitrogens with two attached hydrogens (primary N) is 1. The molecule has 10 heteroatoms. The van der Waals surface area contributed by atoms with Crippen LogP contribution >= 0.6 is 11.6 Å². The first kappa shape index (κ1) is 22.5. The topological polar surface area (TPSA) is 129 Å². The number of benzene rings is 2. The van der Waals surface area contributed by atoms with Crippen LogP contribution in [-0.2, 0) is 9.59 Å². The van der Waals surface area contributed by atoms with Gasteiger partial charge in [0.2, 0.25) is 11.8 Å². The van der Waals surface area contributed by atoms with E-state index >= 15 is 0 Å². The smallest absolute Gasteiger partial charge is 0.262 e. The maximum Gasteiger partial charge on any atom is 0.262 e. The molecule has 0 aliphatic carbocycles. The fourth-order valence-electron chi connectivity index (χ4n) is 3.94. The number of nitrogens with one attached hydrogen (secondary N) is 1. The number of nitrogens with zero attached hydrogens (tertiary/aromatic N) is 3. The van der Waals surface area contributed by atoms with E-state index < -0.39 is 35.7 Å². The van der Waals surface area contributed by atoms with Gasteiger partial charge >= 0.3 is 0 Å². The zero-order valence-corrected chi connectivity index (χ0v) is 18.8. The van der Waals surface area contributed by atoms with Gasteiger partial charge in [0.25, 0.3) is 11.8 Å². The first-order chi connectivity index (χ1) is 15.7. The van der Waals surface area contributed by atoms with E-state index in [1.807, 2.05) is 0 Å². The standard InChI is InChI=1S/C23H22ClN5O4/c1-12(20-26-16-8-7-13(24)11-17(16)27-20)28(2)23(33)18(9-10-19(25)30)29-21(31)14-5-3-4-6-15(14)22(29)32/h3-8,11-12,18H,9-10H2,1-2H3,(H2,25,30)(H,26,27). The van der Waals surface area contributed by atoms with Crippen LogP contribution in [0, 0.1) is 0 Å². The Morgan fingerprint density at radius 1 is 1.15 bits per heavy atom. The van der Waals surface area contributed by atoms with Crippen molar-refractivity contribution in [2.75, 3.05) is 7.05 Å². The molecule has 0 bridgehead atoms. The second-order valence-electron chi connectivity index (χ2n) is 7.96. The Balaban J connectivity index is 1.64. The number of halogens is 1. The molecule has 0 saturated carbocycles. The molecule has 2 unspecified atom stereocenters. The van der Waals surface area contributed by atoms with E-state index in [1.54, 1.807) is 44.3 Å². The molecule has 33 heavy (non-hydrogen) atoms. The monoisotopic (exact) mass is 467 g/mol. The normalized spacial score (nSPS) is 14.9. The molecule has 3 aromatic rings. The van der Waals surface area contributed by atoms with Gasteiger partial charge in [0, 0.05) is 18.5 Å². The summed E-state index contributed by atoms with van der Waals surface area (Å²) in [5.74, 6) is -1.76. The van der Waals surface area contributed by atoms with Crippen molar-refractivity contribution in [3.63, 3.8) is 0 Å². The predicted octanol–water partition coefficient (Wildman–Crippen LogP) is 2.67. The Morgan fingerprint density at radius 2 is 1.79 bits per heavy atom. The number of rotatable bonds is 7. The average molecular weight is 468 g/mol. The van der Waals surface area contributed by atoms with Crippen LogP contribution < -0.4 is 5.73 Å². The fraction of sp³-hybridized carbons (Fsp3) is 0.261. The summed E-state index contributed by atoms with van der Waals surface area (Å²) in [5.41, 5.74) is 7.16. The Kier molecular flexibility index (Phi) is 5.90. The van der Waals surface area contributed by atoms with Gasteiger partial charge in [-0.1, -0.05) is 23.7 Å². The highest BCUT2D eigenvalue weighted by molar-refractivity contribution is 6.31. The number of hydrogen-bond donors (Lipinski definition) is 2. The third kappa shape index (κ3) is 4.07. The van der Waals surface area contributed by atoms with Crippen LogP contribution in [0.5, 0.6) is 0 Å². The van der Waals surface area contributed by atoms with Crippen molar-refractivity contribution >= 4 is 46.3 Å². The number of carbonyl (C=O) groups is 4. The molecule has 9 nitrogen and oxygen atoms in total. The maximum absolute atomic E-state index is 13.5. The fourth-order valence-corrected chi connectivity index (χ4v) is 4.11. The quantitative estimate of drug-likeness (QED) is 0.516. The molecule has 1 aliphatic rings. The van der Waals surface area contributed by atoms with Gasteiger partial charge in [-0.05, 0) is 43.7 Å². The Bertz CT molecular complexity index is 1250. The van der Waals surface area contributed by atoms with Crippen LogP contribution in [0.4, 0.5) is 0 Å². The first-order valence-electron chi connectivity index (χ1n) is 10.4. The van der Waals surface area contributed by atoms with Gasteiger partial charge in [0.1, 0.15) is 11.9 Å². The van der Waals surface area contributed by atoms with Crippen LogP contribution in [0.2, 0.25) is 5.02 Å². The molecular weight excluding hydrogens is 446 g/mol. The molecule has 4 rings (SSSR count). The van der Waals surface area contributed by atoms with E-state index in [1.165, 1.54) is 17.0 Å². The van der Waals surface area contributed by atoms with Crippen LogP contribution in [0.3, 0.4) is 0 Å². The highest BCUT2D eigenvalue weighted by Crippen LogP contribution is 2.29. The number of fused-ring (bicyclic) bond motifs is 2. The Labute approximate surface area is 194 Å². The minimum atomic E-state index is -1.18. The minimum absolute atomic E-state index is 0.0770. The van der Waals surface area contributed by atoms with Gasteiger partial charge in [-0.3, -0.25) is 24.1 Å². The lowest BCUT2D eigenvalue weighted by atomic mass is 10.1. The van der Waals surface area contributed by atoms with Crippen molar-refractivity contribution in [1.29, 1.82) is 0 Å². The number of hydrogen-bond acceptors (Lipinski definition) is 5. The zero-order chi connectivity index (χ0) is 23.9. The molecular formula is C23H22ClN5O4. The van der Waals surface area contributed by atoms with E-state index in [2.05, 4.69) is 9.97 Å². The molecule has 0 saturated heterocycles. The SMILES string of the molecule is CC(c1nc2ccc(Cl)cc2[nH]1)N(C)C(=O)C(CCC(N)=O)N1C(=O)c2ccccc2C1=O. The highest BCUT2D eigenvalue weighted by Gasteiger charge is 2.44. The molecule has 0 radical (unpaired) electrons. The van der Waals surface area contributed by atoms with Crippen LogP contribution in [0.1, 0.15) is 52.3 Å². The molecule has 4 amide bonds. The summed E-state index contributed by atoms with van der Waals surface area (Å²) in [5, 5.41) is 0.548. The van der Waals surface area contributed by atoms with Crippen molar-refractivity contribution < 1.29 is 19.2 Å². The second-order valence-corrected chi connectivity index (χ2v) is 8.39. The Hall–Kier alpha value is -3.72. The van der Waals surface area contributed by atoms with Crippen LogP contribution in [-0.4, -0.2) is 56.5 Å². The maximum atomic E-state index is 13.5. The van der Waals surface area contributed by atoms with Crippen LogP contribution in [0.15, 0.2) is 42.5 Å². The summed E-state index contributed by atoms with van der Waals surface area (Å²) in [7, 11) is 1.56. The minimum Gasteiger partial charge on any atom is -0.370 e. The number of aromatic amines is 1. The van der Waals surface area contributed by atoms with Crippen molar-refractivity contribution in [2.45, 2.75) is 31.8 Å². The lowest BCUT2D eigenvalue weighted by Crippen LogP contribution is -2.50. The molecule has 3 N–H and O–H groups in total. The van der Waals surface area contributed by atoms with E-state index in [9.17, 15) is 19.2 Å². The van der Waals surface area contributed by atoms with E-state index in [0.29, 0.717) is 16.4 Å². The van der Waals surface area contributed by atoms with Gasteiger partial charge in [0.05, 0.1) is 28.2 Å². The zero-order valence-electron chi connectivity index (χ0n) is 18.0. The number of likely N-dealkylation sites (N-methyl/N-ethyl adjacent to an activating group) is 1.